The fourth-order valence-electron chi connectivity index (χ4n) is 3.48. The van der Waals surface area contributed by atoms with E-state index in [9.17, 15) is 19.7 Å². The molecule has 168 valence electrons. The highest BCUT2D eigenvalue weighted by Crippen LogP contribution is 2.42. The number of benzene rings is 2. The van der Waals surface area contributed by atoms with Crippen molar-refractivity contribution in [3.05, 3.63) is 74.7 Å². The summed E-state index contributed by atoms with van der Waals surface area (Å²) in [6.07, 6.45) is 0.343. The second kappa shape index (κ2) is 8.99. The normalized spacial score (nSPS) is 13.1. The van der Waals surface area contributed by atoms with Crippen LogP contribution in [0.2, 0.25) is 0 Å². The van der Waals surface area contributed by atoms with E-state index in [1.807, 2.05) is 31.2 Å². The first kappa shape index (κ1) is 22.4. The molecule has 0 bridgehead atoms. The lowest BCUT2D eigenvalue weighted by Crippen LogP contribution is -2.42. The first-order chi connectivity index (χ1) is 15.8. The number of nitro groups is 1. The Kier molecular flexibility index (Phi) is 6.10. The zero-order valence-electron chi connectivity index (χ0n) is 18.3. The number of fused-ring (bicyclic) bond motifs is 1. The number of aromatic nitrogens is 3. The number of Topliss-reactive ketones (excluding diaryl/α,β-unsaturated/α-hetero) is 1. The van der Waals surface area contributed by atoms with Crippen molar-refractivity contribution in [1.29, 1.82) is 0 Å². The molecule has 4 rings (SSSR count). The van der Waals surface area contributed by atoms with Crippen LogP contribution in [0.5, 0.6) is 0 Å². The SMILES string of the molecule is CCC(=O)C1=C(c2cccc([N+](=O)[O-])c2)N(C(=O)CC)n2c(nnc2-c2ccc(C)cc2)S1. The minimum atomic E-state index is -0.505. The maximum Gasteiger partial charge on any atom is 0.270 e. The molecule has 0 spiro atoms. The van der Waals surface area contributed by atoms with E-state index in [1.165, 1.54) is 23.2 Å². The molecule has 0 saturated carbocycles. The van der Waals surface area contributed by atoms with Crippen LogP contribution in [-0.2, 0) is 9.59 Å². The molecular formula is C23H21N5O4S. The lowest BCUT2D eigenvalue weighted by Gasteiger charge is -2.33. The van der Waals surface area contributed by atoms with E-state index >= 15 is 0 Å². The molecular weight excluding hydrogens is 442 g/mol. The average Bonchev–Trinajstić information content (AvgIpc) is 3.26. The molecule has 2 aromatic carbocycles. The van der Waals surface area contributed by atoms with E-state index in [2.05, 4.69) is 10.2 Å². The number of thioether (sulfide) groups is 1. The van der Waals surface area contributed by atoms with Gasteiger partial charge in [-0.25, -0.2) is 5.01 Å². The van der Waals surface area contributed by atoms with Crippen molar-refractivity contribution in [2.45, 2.75) is 38.8 Å². The Morgan fingerprint density at radius 1 is 1.03 bits per heavy atom. The van der Waals surface area contributed by atoms with Crippen LogP contribution in [0.3, 0.4) is 0 Å². The molecule has 0 atom stereocenters. The largest absolute Gasteiger partial charge is 0.294 e. The number of aryl methyl sites for hydroxylation is 1. The summed E-state index contributed by atoms with van der Waals surface area (Å²) in [5, 5.41) is 21.7. The van der Waals surface area contributed by atoms with Gasteiger partial charge in [0.2, 0.25) is 11.1 Å². The Hall–Kier alpha value is -3.79. The van der Waals surface area contributed by atoms with Gasteiger partial charge in [0.1, 0.15) is 0 Å². The van der Waals surface area contributed by atoms with E-state index in [0.29, 0.717) is 27.1 Å². The second-order valence-corrected chi connectivity index (χ2v) is 8.38. The number of nitrogens with zero attached hydrogens (tertiary/aromatic N) is 5. The monoisotopic (exact) mass is 463 g/mol. The van der Waals surface area contributed by atoms with Crippen molar-refractivity contribution in [2.75, 3.05) is 5.01 Å². The molecule has 0 N–H and O–H groups in total. The maximum atomic E-state index is 13.3. The van der Waals surface area contributed by atoms with Crippen LogP contribution < -0.4 is 5.01 Å². The second-order valence-electron chi connectivity index (χ2n) is 7.41. The summed E-state index contributed by atoms with van der Waals surface area (Å²) in [5.74, 6) is -0.0561. The molecule has 1 aromatic heterocycles. The molecule has 1 amide bonds. The van der Waals surface area contributed by atoms with Crippen LogP contribution in [0.4, 0.5) is 5.69 Å². The van der Waals surface area contributed by atoms with Gasteiger partial charge in [-0.1, -0.05) is 55.8 Å². The lowest BCUT2D eigenvalue weighted by molar-refractivity contribution is -0.384. The van der Waals surface area contributed by atoms with Crippen LogP contribution in [0.1, 0.15) is 37.8 Å². The van der Waals surface area contributed by atoms with E-state index in [-0.39, 0.29) is 30.2 Å². The quantitative estimate of drug-likeness (QED) is 0.391. The van der Waals surface area contributed by atoms with Crippen molar-refractivity contribution in [3.8, 4) is 11.4 Å². The van der Waals surface area contributed by atoms with E-state index in [4.69, 9.17) is 0 Å². The smallest absolute Gasteiger partial charge is 0.270 e. The third kappa shape index (κ3) is 4.05. The summed E-state index contributed by atoms with van der Waals surface area (Å²) < 4.78 is 1.59. The Labute approximate surface area is 194 Å². The number of non-ortho nitro benzene ring substituents is 1. The van der Waals surface area contributed by atoms with E-state index < -0.39 is 4.92 Å². The minimum absolute atomic E-state index is 0.134. The zero-order valence-corrected chi connectivity index (χ0v) is 19.1. The number of carbonyl (C=O) groups is 2. The van der Waals surface area contributed by atoms with Crippen molar-refractivity contribution < 1.29 is 14.5 Å². The summed E-state index contributed by atoms with van der Waals surface area (Å²) in [6, 6.07) is 13.6. The fourth-order valence-corrected chi connectivity index (χ4v) is 4.56. The molecule has 0 aliphatic carbocycles. The maximum absolute atomic E-state index is 13.3. The van der Waals surface area contributed by atoms with Gasteiger partial charge < -0.3 is 0 Å². The number of amides is 1. The Bertz CT molecular complexity index is 1300. The van der Waals surface area contributed by atoms with Gasteiger partial charge in [-0.05, 0) is 18.7 Å². The van der Waals surface area contributed by atoms with Crippen LogP contribution in [-0.4, -0.2) is 31.5 Å². The number of hydrogen-bond acceptors (Lipinski definition) is 7. The summed E-state index contributed by atoms with van der Waals surface area (Å²) in [4.78, 5) is 37.4. The first-order valence-electron chi connectivity index (χ1n) is 10.4. The molecule has 0 saturated heterocycles. The third-order valence-corrected chi connectivity index (χ3v) is 6.25. The molecule has 33 heavy (non-hydrogen) atoms. The topological polar surface area (TPSA) is 111 Å². The molecule has 10 heteroatoms. The van der Waals surface area contributed by atoms with Gasteiger partial charge >= 0.3 is 0 Å². The summed E-state index contributed by atoms with van der Waals surface area (Å²) in [5.41, 5.74) is 2.37. The highest BCUT2D eigenvalue weighted by atomic mass is 32.2. The first-order valence-corrected chi connectivity index (χ1v) is 11.2. The van der Waals surface area contributed by atoms with Gasteiger partial charge in [0, 0.05) is 36.1 Å². The minimum Gasteiger partial charge on any atom is -0.294 e. The Balaban J connectivity index is 1.99. The predicted octanol–water partition coefficient (Wildman–Crippen LogP) is 4.49. The predicted molar refractivity (Wildman–Crippen MR) is 125 cm³/mol. The fraction of sp³-hybridized carbons (Fsp3) is 0.217. The van der Waals surface area contributed by atoms with Crippen LogP contribution >= 0.6 is 11.8 Å². The highest BCUT2D eigenvalue weighted by Gasteiger charge is 2.36. The standard InChI is InChI=1S/C23H21N5O4S/c1-4-18(29)21-20(16-7-6-8-17(13-16)28(31)32)26(19(30)5-2)27-22(24-25-23(27)33-21)15-11-9-14(3)10-12-15/h6-13H,4-5H2,1-3H3. The van der Waals surface area contributed by atoms with E-state index in [0.717, 1.165) is 22.9 Å². The zero-order chi connectivity index (χ0) is 23.7. The summed E-state index contributed by atoms with van der Waals surface area (Å²) in [6.45, 7) is 5.41. The number of rotatable bonds is 6. The summed E-state index contributed by atoms with van der Waals surface area (Å²) in [7, 11) is 0. The van der Waals surface area contributed by atoms with Crippen LogP contribution in [0.25, 0.3) is 17.1 Å². The van der Waals surface area contributed by atoms with Crippen LogP contribution in [0, 0.1) is 17.0 Å². The highest BCUT2D eigenvalue weighted by molar-refractivity contribution is 8.04. The van der Waals surface area contributed by atoms with Gasteiger partial charge in [-0.15, -0.1) is 10.2 Å². The molecule has 1 aliphatic rings. The van der Waals surface area contributed by atoms with Crippen molar-refractivity contribution >= 4 is 34.8 Å². The van der Waals surface area contributed by atoms with Gasteiger partial charge in [-0.2, -0.15) is 4.68 Å². The molecule has 2 heterocycles. The molecule has 0 unspecified atom stereocenters. The lowest BCUT2D eigenvalue weighted by atomic mass is 10.1. The Morgan fingerprint density at radius 2 is 1.76 bits per heavy atom. The van der Waals surface area contributed by atoms with Crippen molar-refractivity contribution in [2.24, 2.45) is 0 Å². The third-order valence-electron chi connectivity index (χ3n) is 5.19. The van der Waals surface area contributed by atoms with E-state index in [1.54, 1.807) is 24.6 Å². The molecule has 3 aromatic rings. The average molecular weight is 464 g/mol. The molecule has 9 nitrogen and oxygen atoms in total. The Morgan fingerprint density at radius 3 is 2.39 bits per heavy atom. The van der Waals surface area contributed by atoms with Gasteiger partial charge in [0.25, 0.3) is 5.69 Å². The number of hydrogen-bond donors (Lipinski definition) is 0. The van der Waals surface area contributed by atoms with Gasteiger partial charge in [0.15, 0.2) is 11.6 Å². The van der Waals surface area contributed by atoms with Crippen molar-refractivity contribution in [1.82, 2.24) is 14.9 Å². The number of allylic oxidation sites excluding steroid dienone is 1. The van der Waals surface area contributed by atoms with Crippen molar-refractivity contribution in [3.63, 3.8) is 0 Å². The van der Waals surface area contributed by atoms with Gasteiger partial charge in [-0.3, -0.25) is 19.7 Å². The number of ketones is 1. The van der Waals surface area contributed by atoms with Crippen LogP contribution in [0.15, 0.2) is 58.6 Å². The molecule has 1 aliphatic heterocycles. The van der Waals surface area contributed by atoms with Gasteiger partial charge in [0.05, 0.1) is 15.5 Å². The molecule has 0 fully saturated rings. The summed E-state index contributed by atoms with van der Waals surface area (Å²) >= 11 is 1.11. The number of nitro benzene ring substituents is 1. The number of carbonyl (C=O) groups excluding carboxylic acids is 2. The molecule has 0 radical (unpaired) electrons.